The minimum Gasteiger partial charge on any atom is -0.312 e. The average molecular weight is 396 g/mol. The van der Waals surface area contributed by atoms with Crippen LogP contribution in [0.2, 0.25) is 0 Å². The van der Waals surface area contributed by atoms with E-state index in [2.05, 4.69) is 37.9 Å². The molecule has 5 nitrogen and oxygen atoms in total. The summed E-state index contributed by atoms with van der Waals surface area (Å²) in [6, 6.07) is 1.75. The topological polar surface area (TPSA) is 61.4 Å². The molecule has 0 aromatic carbocycles. The fourth-order valence-corrected chi connectivity index (χ4v) is 6.18. The van der Waals surface area contributed by atoms with Gasteiger partial charge < -0.3 is 10.2 Å². The molecule has 0 radical (unpaired) electrons. The van der Waals surface area contributed by atoms with E-state index in [1.807, 2.05) is 6.92 Å². The summed E-state index contributed by atoms with van der Waals surface area (Å²) in [5.41, 5.74) is 0. The number of likely N-dealkylation sites (tertiary alicyclic amines) is 1. The summed E-state index contributed by atoms with van der Waals surface area (Å²) in [6.45, 7) is 6.10. The lowest BCUT2D eigenvalue weighted by molar-refractivity contribution is 0.394. The molecule has 1 aliphatic heterocycles. The Morgan fingerprint density at radius 1 is 1.52 bits per heavy atom. The third kappa shape index (κ3) is 4.74. The van der Waals surface area contributed by atoms with Crippen LogP contribution in [0.15, 0.2) is 14.7 Å². The van der Waals surface area contributed by atoms with E-state index in [1.54, 1.807) is 6.07 Å². The van der Waals surface area contributed by atoms with E-state index in [-0.39, 0.29) is 0 Å². The second-order valence-electron chi connectivity index (χ2n) is 5.40. The van der Waals surface area contributed by atoms with Gasteiger partial charge >= 0.3 is 0 Å². The summed E-state index contributed by atoms with van der Waals surface area (Å²) in [7, 11) is -1.37. The lowest BCUT2D eigenvalue weighted by Gasteiger charge is -2.11. The summed E-state index contributed by atoms with van der Waals surface area (Å²) in [5, 5.41) is 3.21. The molecule has 120 valence electrons. The fraction of sp³-hybridized carbons (Fsp3) is 0.692. The molecule has 1 aromatic rings. The van der Waals surface area contributed by atoms with Crippen molar-refractivity contribution in [3.63, 3.8) is 0 Å². The van der Waals surface area contributed by atoms with Gasteiger partial charge in [0.2, 0.25) is 10.0 Å². The zero-order chi connectivity index (χ0) is 15.5. The summed E-state index contributed by atoms with van der Waals surface area (Å²) in [5.74, 6) is 0.406. The van der Waals surface area contributed by atoms with Gasteiger partial charge in [-0.15, -0.1) is 11.3 Å². The third-order valence-electron chi connectivity index (χ3n) is 3.60. The Bertz CT molecular complexity index is 574. The molecule has 1 aliphatic rings. The molecule has 1 saturated heterocycles. The molecular formula is C13H22BrN3O2S2. The number of hydrogen-bond acceptors (Lipinski definition) is 5. The highest BCUT2D eigenvalue weighted by atomic mass is 79.9. The molecule has 0 amide bonds. The van der Waals surface area contributed by atoms with Crippen molar-refractivity contribution < 1.29 is 8.42 Å². The van der Waals surface area contributed by atoms with Crippen LogP contribution < -0.4 is 10.0 Å². The van der Waals surface area contributed by atoms with Crippen LogP contribution in [-0.2, 0) is 16.6 Å². The van der Waals surface area contributed by atoms with E-state index in [4.69, 9.17) is 0 Å². The van der Waals surface area contributed by atoms with Crippen LogP contribution in [0, 0.1) is 5.92 Å². The molecule has 1 unspecified atom stereocenters. The van der Waals surface area contributed by atoms with Crippen LogP contribution in [-0.4, -0.2) is 46.5 Å². The molecule has 1 atom stereocenters. The van der Waals surface area contributed by atoms with Gasteiger partial charge in [0, 0.05) is 24.5 Å². The maximum atomic E-state index is 12.4. The maximum absolute atomic E-state index is 12.4. The van der Waals surface area contributed by atoms with Gasteiger partial charge in [0.25, 0.3) is 0 Å². The Labute approximate surface area is 139 Å². The maximum Gasteiger partial charge on any atom is 0.242 e. The average Bonchev–Trinajstić information content (AvgIpc) is 3.00. The predicted octanol–water partition coefficient (Wildman–Crippen LogP) is 1.85. The molecule has 2 rings (SSSR count). The van der Waals surface area contributed by atoms with E-state index in [9.17, 15) is 8.42 Å². The minimum atomic E-state index is -3.43. The second kappa shape index (κ2) is 7.52. The number of hydrogen-bond donors (Lipinski definition) is 2. The number of nitrogens with one attached hydrogen (secondary N) is 2. The molecule has 2 heterocycles. The van der Waals surface area contributed by atoms with Gasteiger partial charge in [0.1, 0.15) is 4.90 Å². The highest BCUT2D eigenvalue weighted by Gasteiger charge is 2.24. The van der Waals surface area contributed by atoms with Crippen molar-refractivity contribution in [3.8, 4) is 0 Å². The van der Waals surface area contributed by atoms with Gasteiger partial charge in [-0.2, -0.15) is 0 Å². The zero-order valence-corrected chi connectivity index (χ0v) is 15.6. The Hall–Kier alpha value is 0.01000. The van der Waals surface area contributed by atoms with Crippen LogP contribution in [0.3, 0.4) is 0 Å². The van der Waals surface area contributed by atoms with Gasteiger partial charge in [-0.1, -0.05) is 6.92 Å². The van der Waals surface area contributed by atoms with Crippen molar-refractivity contribution in [1.29, 1.82) is 0 Å². The Kier molecular flexibility index (Phi) is 6.22. The van der Waals surface area contributed by atoms with Gasteiger partial charge in [0.05, 0.1) is 3.79 Å². The van der Waals surface area contributed by atoms with Crippen molar-refractivity contribution in [2.45, 2.75) is 24.8 Å². The van der Waals surface area contributed by atoms with Crippen molar-refractivity contribution in [1.82, 2.24) is 14.9 Å². The van der Waals surface area contributed by atoms with Crippen molar-refractivity contribution in [2.75, 3.05) is 33.2 Å². The first-order valence-electron chi connectivity index (χ1n) is 7.09. The van der Waals surface area contributed by atoms with Gasteiger partial charge in [-0.25, -0.2) is 13.1 Å². The van der Waals surface area contributed by atoms with Crippen LogP contribution in [0.1, 0.15) is 18.2 Å². The van der Waals surface area contributed by atoms with E-state index in [1.165, 1.54) is 11.3 Å². The Balaban J connectivity index is 2.00. The standard InChI is InChI=1S/C13H22BrN3O2S2/c1-3-15-8-11-6-12(13(14)20-11)21(18,19)16-7-10-4-5-17(2)9-10/h6,10,15-16H,3-5,7-9H2,1-2H3. The molecular weight excluding hydrogens is 374 g/mol. The molecule has 0 spiro atoms. The van der Waals surface area contributed by atoms with E-state index < -0.39 is 10.0 Å². The molecule has 0 saturated carbocycles. The Morgan fingerprint density at radius 2 is 2.29 bits per heavy atom. The Morgan fingerprint density at radius 3 is 2.90 bits per heavy atom. The second-order valence-corrected chi connectivity index (χ2v) is 9.59. The molecule has 21 heavy (non-hydrogen) atoms. The first-order chi connectivity index (χ1) is 9.92. The molecule has 1 fully saturated rings. The number of sulfonamides is 1. The lowest BCUT2D eigenvalue weighted by atomic mass is 10.1. The van der Waals surface area contributed by atoms with E-state index in [0.29, 0.717) is 27.7 Å². The normalized spacial score (nSPS) is 20.2. The van der Waals surface area contributed by atoms with Crippen LogP contribution in [0.25, 0.3) is 0 Å². The number of thiophene rings is 1. The zero-order valence-electron chi connectivity index (χ0n) is 12.4. The van der Waals surface area contributed by atoms with Crippen LogP contribution in [0.4, 0.5) is 0 Å². The van der Waals surface area contributed by atoms with Gasteiger partial charge in [0.15, 0.2) is 0 Å². The smallest absolute Gasteiger partial charge is 0.242 e. The molecule has 8 heteroatoms. The van der Waals surface area contributed by atoms with Crippen LogP contribution in [0.5, 0.6) is 0 Å². The van der Waals surface area contributed by atoms with Crippen LogP contribution >= 0.6 is 27.3 Å². The van der Waals surface area contributed by atoms with Gasteiger partial charge in [-0.05, 0) is 54.5 Å². The highest BCUT2D eigenvalue weighted by molar-refractivity contribution is 9.11. The number of halogens is 1. The summed E-state index contributed by atoms with van der Waals surface area (Å²) in [4.78, 5) is 3.60. The van der Waals surface area contributed by atoms with E-state index in [0.717, 1.165) is 30.9 Å². The fourth-order valence-electron chi connectivity index (χ4n) is 2.41. The number of rotatable bonds is 7. The highest BCUT2D eigenvalue weighted by Crippen LogP contribution is 2.31. The summed E-state index contributed by atoms with van der Waals surface area (Å²) < 4.78 is 28.2. The third-order valence-corrected chi connectivity index (χ3v) is 7.27. The molecule has 0 aliphatic carbocycles. The van der Waals surface area contributed by atoms with E-state index >= 15 is 0 Å². The minimum absolute atomic E-state index is 0.353. The summed E-state index contributed by atoms with van der Waals surface area (Å²) in [6.07, 6.45) is 1.05. The first kappa shape index (κ1) is 17.4. The monoisotopic (exact) mass is 395 g/mol. The van der Waals surface area contributed by atoms with Crippen molar-refractivity contribution in [2.24, 2.45) is 5.92 Å². The number of nitrogens with zero attached hydrogens (tertiary/aromatic N) is 1. The molecule has 0 bridgehead atoms. The summed E-state index contributed by atoms with van der Waals surface area (Å²) >= 11 is 4.84. The largest absolute Gasteiger partial charge is 0.312 e. The lowest BCUT2D eigenvalue weighted by Crippen LogP contribution is -2.30. The molecule has 1 aromatic heterocycles. The van der Waals surface area contributed by atoms with Gasteiger partial charge in [-0.3, -0.25) is 0 Å². The SMILES string of the molecule is CCNCc1cc(S(=O)(=O)NCC2CCN(C)C2)c(Br)s1. The quantitative estimate of drug-likeness (QED) is 0.739. The molecule has 2 N–H and O–H groups in total. The van der Waals surface area contributed by atoms with Crippen molar-refractivity contribution in [3.05, 3.63) is 14.7 Å². The predicted molar refractivity (Wildman–Crippen MR) is 90.2 cm³/mol. The van der Waals surface area contributed by atoms with Crippen molar-refractivity contribution >= 4 is 37.3 Å². The first-order valence-corrected chi connectivity index (χ1v) is 10.2.